The van der Waals surface area contributed by atoms with E-state index in [9.17, 15) is 4.79 Å². The number of piperazine rings is 1. The minimum atomic E-state index is 0. The molecule has 2 heterocycles. The van der Waals surface area contributed by atoms with Crippen LogP contribution in [-0.2, 0) is 4.79 Å². The van der Waals surface area contributed by atoms with Crippen LogP contribution in [0.4, 0.5) is 5.82 Å². The average Bonchev–Trinajstić information content (AvgIpc) is 2.52. The number of nitrogens with zero attached hydrogens (tertiary/aromatic N) is 3. The number of aromatic nitrogens is 1. The summed E-state index contributed by atoms with van der Waals surface area (Å²) in [6.07, 6.45) is 2.37. The summed E-state index contributed by atoms with van der Waals surface area (Å²) in [5.41, 5.74) is 5.35. The maximum Gasteiger partial charge on any atom is 0.221 e. The van der Waals surface area contributed by atoms with Gasteiger partial charge in [-0.25, -0.2) is 4.98 Å². The minimum Gasteiger partial charge on any atom is -0.355 e. The highest BCUT2D eigenvalue weighted by atomic mass is 35.5. The van der Waals surface area contributed by atoms with E-state index in [2.05, 4.69) is 20.1 Å². The zero-order valence-electron chi connectivity index (χ0n) is 12.6. The van der Waals surface area contributed by atoms with Gasteiger partial charge in [-0.15, -0.1) is 24.8 Å². The van der Waals surface area contributed by atoms with Crippen LogP contribution in [0.25, 0.3) is 0 Å². The number of amides is 1. The molecule has 0 saturated carbocycles. The smallest absolute Gasteiger partial charge is 0.221 e. The Morgan fingerprint density at radius 1 is 1.23 bits per heavy atom. The molecule has 1 saturated heterocycles. The summed E-state index contributed by atoms with van der Waals surface area (Å²) in [6.45, 7) is 5.73. The summed E-state index contributed by atoms with van der Waals surface area (Å²) in [5.74, 6) is 1.12. The van der Waals surface area contributed by atoms with Crippen molar-refractivity contribution in [3.8, 4) is 0 Å². The number of carbonyl (C=O) groups excluding carboxylic acids is 1. The third-order valence-electron chi connectivity index (χ3n) is 3.47. The molecule has 22 heavy (non-hydrogen) atoms. The summed E-state index contributed by atoms with van der Waals surface area (Å²) in [6, 6.07) is 5.98. The number of nitrogens with one attached hydrogen (secondary N) is 1. The van der Waals surface area contributed by atoms with Gasteiger partial charge in [0.05, 0.1) is 0 Å². The third kappa shape index (κ3) is 6.79. The summed E-state index contributed by atoms with van der Waals surface area (Å²) >= 11 is 0. The minimum absolute atomic E-state index is 0. The number of hydrogen-bond donors (Lipinski definition) is 2. The maximum absolute atomic E-state index is 11.5. The number of pyridine rings is 1. The molecule has 1 aromatic rings. The highest BCUT2D eigenvalue weighted by molar-refractivity contribution is 5.85. The summed E-state index contributed by atoms with van der Waals surface area (Å²) < 4.78 is 0. The van der Waals surface area contributed by atoms with E-state index in [-0.39, 0.29) is 30.7 Å². The van der Waals surface area contributed by atoms with Crippen LogP contribution in [0.15, 0.2) is 24.4 Å². The predicted molar refractivity (Wildman–Crippen MR) is 94.1 cm³/mol. The number of halogens is 2. The lowest BCUT2D eigenvalue weighted by atomic mass is 10.2. The highest BCUT2D eigenvalue weighted by Crippen LogP contribution is 2.12. The Kier molecular flexibility index (Phi) is 10.9. The molecule has 6 nitrogen and oxygen atoms in total. The number of rotatable bonds is 6. The molecule has 1 amide bonds. The topological polar surface area (TPSA) is 74.5 Å². The SMILES string of the molecule is Cl.Cl.NCCNC(=O)CCN1CCN(c2ccccn2)CC1. The molecular weight excluding hydrogens is 325 g/mol. The highest BCUT2D eigenvalue weighted by Gasteiger charge is 2.18. The largest absolute Gasteiger partial charge is 0.355 e. The molecule has 3 N–H and O–H groups in total. The van der Waals surface area contributed by atoms with E-state index < -0.39 is 0 Å². The van der Waals surface area contributed by atoms with Crippen molar-refractivity contribution in [1.82, 2.24) is 15.2 Å². The zero-order valence-corrected chi connectivity index (χ0v) is 14.2. The number of anilines is 1. The summed E-state index contributed by atoms with van der Waals surface area (Å²) in [4.78, 5) is 20.5. The van der Waals surface area contributed by atoms with Gasteiger partial charge in [-0.05, 0) is 12.1 Å². The fourth-order valence-corrected chi connectivity index (χ4v) is 2.30. The van der Waals surface area contributed by atoms with Crippen molar-refractivity contribution < 1.29 is 4.79 Å². The van der Waals surface area contributed by atoms with E-state index in [0.717, 1.165) is 38.5 Å². The van der Waals surface area contributed by atoms with Crippen LogP contribution in [0.5, 0.6) is 0 Å². The molecular formula is C14H25Cl2N5O. The Morgan fingerprint density at radius 3 is 2.55 bits per heavy atom. The Balaban J connectivity index is 0.00000220. The second-order valence-corrected chi connectivity index (χ2v) is 4.91. The Bertz CT molecular complexity index is 413. The van der Waals surface area contributed by atoms with Crippen LogP contribution in [-0.4, -0.2) is 61.6 Å². The van der Waals surface area contributed by atoms with Crippen LogP contribution in [0.3, 0.4) is 0 Å². The van der Waals surface area contributed by atoms with Gasteiger partial charge in [-0.1, -0.05) is 6.07 Å². The predicted octanol–water partition coefficient (Wildman–Crippen LogP) is 0.512. The monoisotopic (exact) mass is 349 g/mol. The van der Waals surface area contributed by atoms with Crippen LogP contribution in [0, 0.1) is 0 Å². The van der Waals surface area contributed by atoms with E-state index >= 15 is 0 Å². The number of nitrogens with two attached hydrogens (primary N) is 1. The first-order valence-corrected chi connectivity index (χ1v) is 7.14. The lowest BCUT2D eigenvalue weighted by Crippen LogP contribution is -2.47. The second kappa shape index (κ2) is 11.5. The van der Waals surface area contributed by atoms with Gasteiger partial charge in [0.2, 0.25) is 5.91 Å². The normalized spacial score (nSPS) is 14.7. The second-order valence-electron chi connectivity index (χ2n) is 4.91. The number of carbonyl (C=O) groups is 1. The van der Waals surface area contributed by atoms with Gasteiger partial charge in [0.25, 0.3) is 0 Å². The van der Waals surface area contributed by atoms with Crippen LogP contribution >= 0.6 is 24.8 Å². The Morgan fingerprint density at radius 2 is 1.95 bits per heavy atom. The fourth-order valence-electron chi connectivity index (χ4n) is 2.30. The molecule has 1 fully saturated rings. The molecule has 0 aromatic carbocycles. The van der Waals surface area contributed by atoms with Crippen molar-refractivity contribution in [3.05, 3.63) is 24.4 Å². The molecule has 1 aromatic heterocycles. The molecule has 0 spiro atoms. The molecule has 0 atom stereocenters. The van der Waals surface area contributed by atoms with Crippen molar-refractivity contribution in [3.63, 3.8) is 0 Å². The standard InChI is InChI=1S/C14H23N5O.2ClH/c15-5-7-17-14(20)4-8-18-9-11-19(12-10-18)13-3-1-2-6-16-13;;/h1-3,6H,4-5,7-12,15H2,(H,17,20);2*1H. The molecule has 8 heteroatoms. The molecule has 2 rings (SSSR count). The van der Waals surface area contributed by atoms with E-state index in [4.69, 9.17) is 5.73 Å². The Hall–Kier alpha value is -1.08. The quantitative estimate of drug-likeness (QED) is 0.782. The van der Waals surface area contributed by atoms with E-state index in [1.165, 1.54) is 0 Å². The van der Waals surface area contributed by atoms with E-state index in [1.54, 1.807) is 0 Å². The molecule has 0 bridgehead atoms. The maximum atomic E-state index is 11.5. The van der Waals surface area contributed by atoms with Crippen molar-refractivity contribution in [1.29, 1.82) is 0 Å². The average molecular weight is 350 g/mol. The molecule has 0 radical (unpaired) electrons. The first-order valence-electron chi connectivity index (χ1n) is 7.14. The molecule has 1 aliphatic heterocycles. The first kappa shape index (κ1) is 20.9. The van der Waals surface area contributed by atoms with Crippen LogP contribution in [0.2, 0.25) is 0 Å². The van der Waals surface area contributed by atoms with Gasteiger partial charge in [-0.2, -0.15) is 0 Å². The third-order valence-corrected chi connectivity index (χ3v) is 3.47. The van der Waals surface area contributed by atoms with Crippen LogP contribution in [0.1, 0.15) is 6.42 Å². The number of hydrogen-bond acceptors (Lipinski definition) is 5. The van der Waals surface area contributed by atoms with Crippen molar-refractivity contribution in [2.45, 2.75) is 6.42 Å². The molecule has 0 aliphatic carbocycles. The van der Waals surface area contributed by atoms with Crippen molar-refractivity contribution in [2.75, 3.05) is 50.7 Å². The van der Waals surface area contributed by atoms with Crippen LogP contribution < -0.4 is 16.0 Å². The van der Waals surface area contributed by atoms with Gasteiger partial charge in [0.1, 0.15) is 5.82 Å². The fraction of sp³-hybridized carbons (Fsp3) is 0.571. The van der Waals surface area contributed by atoms with E-state index in [0.29, 0.717) is 19.5 Å². The lowest BCUT2D eigenvalue weighted by molar-refractivity contribution is -0.121. The van der Waals surface area contributed by atoms with E-state index in [1.807, 2.05) is 24.4 Å². The van der Waals surface area contributed by atoms with Gasteiger partial charge in [0, 0.05) is 58.4 Å². The van der Waals surface area contributed by atoms with Crippen molar-refractivity contribution >= 4 is 36.5 Å². The van der Waals surface area contributed by atoms with Gasteiger partial charge >= 0.3 is 0 Å². The zero-order chi connectivity index (χ0) is 14.2. The first-order chi connectivity index (χ1) is 9.79. The van der Waals surface area contributed by atoms with Gasteiger partial charge in [-0.3, -0.25) is 9.69 Å². The summed E-state index contributed by atoms with van der Waals surface area (Å²) in [5, 5.41) is 2.80. The Labute approximate surface area is 144 Å². The lowest BCUT2D eigenvalue weighted by Gasteiger charge is -2.35. The van der Waals surface area contributed by atoms with Gasteiger partial charge in [0.15, 0.2) is 0 Å². The van der Waals surface area contributed by atoms with Gasteiger partial charge < -0.3 is 16.0 Å². The summed E-state index contributed by atoms with van der Waals surface area (Å²) in [7, 11) is 0. The molecule has 1 aliphatic rings. The van der Waals surface area contributed by atoms with Crippen molar-refractivity contribution in [2.24, 2.45) is 5.73 Å². The molecule has 0 unspecified atom stereocenters. The molecule has 126 valence electrons.